The molecule has 1 aromatic rings. The molecule has 1 aromatic carbocycles. The van der Waals surface area contributed by atoms with Crippen LogP contribution in [0.3, 0.4) is 0 Å². The minimum Gasteiger partial charge on any atom is -0.457 e. The van der Waals surface area contributed by atoms with Crippen LogP contribution < -0.4 is 10.6 Å². The van der Waals surface area contributed by atoms with Crippen LogP contribution in [0, 0.1) is 5.92 Å². The molecule has 1 aliphatic heterocycles. The van der Waals surface area contributed by atoms with Crippen LogP contribution in [0.15, 0.2) is 30.3 Å². The van der Waals surface area contributed by atoms with Gasteiger partial charge in [0.1, 0.15) is 18.1 Å². The molecule has 0 spiro atoms. The quantitative estimate of drug-likeness (QED) is 0.328. The van der Waals surface area contributed by atoms with E-state index in [4.69, 9.17) is 4.74 Å². The molecule has 37 heavy (non-hydrogen) atoms. The number of Topliss-reactive ketones (excluding diaryl/α,β-unsaturated/α-hetero) is 1. The lowest BCUT2D eigenvalue weighted by Crippen LogP contribution is -2.58. The number of hydrogen-bond donors (Lipinski definition) is 2. The van der Waals surface area contributed by atoms with Gasteiger partial charge in [0, 0.05) is 25.8 Å². The number of ether oxygens (including phenoxy) is 1. The summed E-state index contributed by atoms with van der Waals surface area (Å²) >= 11 is 1.40. The molecular formula is C26H38N4O6S. The number of carbonyl (C=O) groups excluding carboxylic acids is 5. The zero-order valence-corrected chi connectivity index (χ0v) is 23.2. The molecule has 2 rings (SSSR count). The molecule has 0 saturated carbocycles. The first kappa shape index (κ1) is 30.1. The minimum absolute atomic E-state index is 0.0977. The SMILES string of the molecule is CCN(C)C(=O)N[C@H](C(=O)N1CSC[C@H]1C(=O)N[C@@H](Cc1ccccc1)C(=O)C(=O)OC(C)C)C(C)C. The van der Waals surface area contributed by atoms with E-state index in [0.29, 0.717) is 12.3 Å². The molecule has 0 aromatic heterocycles. The Labute approximate surface area is 222 Å². The maximum atomic E-state index is 13.4. The van der Waals surface area contributed by atoms with Crippen molar-refractivity contribution in [1.82, 2.24) is 20.4 Å². The second-order valence-corrected chi connectivity index (χ2v) is 10.6. The van der Waals surface area contributed by atoms with Gasteiger partial charge < -0.3 is 25.2 Å². The van der Waals surface area contributed by atoms with Crippen LogP contribution in [0.25, 0.3) is 0 Å². The number of nitrogens with zero attached hydrogens (tertiary/aromatic N) is 2. The second-order valence-electron chi connectivity index (χ2n) is 9.58. The molecule has 2 N–H and O–H groups in total. The summed E-state index contributed by atoms with van der Waals surface area (Å²) in [6.07, 6.45) is -0.390. The maximum absolute atomic E-state index is 13.4. The van der Waals surface area contributed by atoms with E-state index < -0.39 is 41.9 Å². The Hall–Kier alpha value is -3.08. The number of carbonyl (C=O) groups is 5. The van der Waals surface area contributed by atoms with E-state index >= 15 is 0 Å². The molecule has 0 radical (unpaired) electrons. The smallest absolute Gasteiger partial charge is 0.377 e. The highest BCUT2D eigenvalue weighted by Gasteiger charge is 2.41. The molecule has 3 atom stereocenters. The molecule has 0 unspecified atom stereocenters. The third-order valence-corrected chi connectivity index (χ3v) is 6.97. The summed E-state index contributed by atoms with van der Waals surface area (Å²) in [7, 11) is 1.63. The van der Waals surface area contributed by atoms with E-state index in [1.54, 1.807) is 45.2 Å². The molecule has 1 saturated heterocycles. The Balaban J connectivity index is 2.21. The van der Waals surface area contributed by atoms with Gasteiger partial charge in [-0.15, -0.1) is 11.8 Å². The van der Waals surface area contributed by atoms with Gasteiger partial charge in [-0.1, -0.05) is 44.2 Å². The van der Waals surface area contributed by atoms with E-state index in [-0.39, 0.29) is 30.2 Å². The van der Waals surface area contributed by atoms with Crippen molar-refractivity contribution >= 4 is 41.4 Å². The number of nitrogens with one attached hydrogen (secondary N) is 2. The van der Waals surface area contributed by atoms with E-state index in [0.717, 1.165) is 5.56 Å². The van der Waals surface area contributed by atoms with Gasteiger partial charge >= 0.3 is 12.0 Å². The van der Waals surface area contributed by atoms with Gasteiger partial charge in [-0.25, -0.2) is 9.59 Å². The number of benzene rings is 1. The molecule has 1 aliphatic rings. The van der Waals surface area contributed by atoms with Gasteiger partial charge in [0.05, 0.1) is 12.0 Å². The van der Waals surface area contributed by atoms with Crippen LogP contribution in [0.4, 0.5) is 4.79 Å². The van der Waals surface area contributed by atoms with Gasteiger partial charge in [0.25, 0.3) is 5.78 Å². The van der Waals surface area contributed by atoms with E-state index in [1.807, 2.05) is 26.8 Å². The monoisotopic (exact) mass is 534 g/mol. The molecular weight excluding hydrogens is 496 g/mol. The van der Waals surface area contributed by atoms with Gasteiger partial charge in [-0.2, -0.15) is 0 Å². The first-order valence-electron chi connectivity index (χ1n) is 12.4. The summed E-state index contributed by atoms with van der Waals surface area (Å²) in [4.78, 5) is 67.4. The minimum atomic E-state index is -1.15. The van der Waals surface area contributed by atoms with Gasteiger partial charge in [-0.05, 0) is 32.3 Å². The van der Waals surface area contributed by atoms with Crippen molar-refractivity contribution in [3.8, 4) is 0 Å². The normalized spacial score (nSPS) is 16.8. The molecule has 1 heterocycles. The van der Waals surface area contributed by atoms with Crippen molar-refractivity contribution in [2.75, 3.05) is 25.2 Å². The van der Waals surface area contributed by atoms with Crippen LogP contribution in [-0.4, -0.2) is 88.8 Å². The lowest BCUT2D eigenvalue weighted by Gasteiger charge is -2.31. The fraction of sp³-hybridized carbons (Fsp3) is 0.577. The maximum Gasteiger partial charge on any atom is 0.377 e. The summed E-state index contributed by atoms with van der Waals surface area (Å²) in [6.45, 7) is 9.22. The van der Waals surface area contributed by atoms with Crippen molar-refractivity contribution in [1.29, 1.82) is 0 Å². The Bertz CT molecular complexity index is 971. The van der Waals surface area contributed by atoms with Crippen LogP contribution in [-0.2, 0) is 30.3 Å². The van der Waals surface area contributed by atoms with Gasteiger partial charge in [-0.3, -0.25) is 14.4 Å². The van der Waals surface area contributed by atoms with E-state index in [2.05, 4.69) is 10.6 Å². The number of esters is 1. The second kappa shape index (κ2) is 14.0. The highest BCUT2D eigenvalue weighted by atomic mass is 32.2. The predicted molar refractivity (Wildman–Crippen MR) is 142 cm³/mol. The highest BCUT2D eigenvalue weighted by molar-refractivity contribution is 7.99. The standard InChI is InChI=1S/C26H38N4O6S/c1-7-29(6)26(35)28-21(16(2)3)24(33)30-15-37-14-20(30)23(32)27-19(13-18-11-9-8-10-12-18)22(31)25(34)36-17(4)5/h8-12,16-17,19-21H,7,13-15H2,1-6H3,(H,27,32)(H,28,35)/t19-,20-,21-/m0/s1. The molecule has 204 valence electrons. The van der Waals surface area contributed by atoms with Gasteiger partial charge in [0.15, 0.2) is 0 Å². The zero-order chi connectivity index (χ0) is 27.7. The number of hydrogen-bond acceptors (Lipinski definition) is 7. The van der Waals surface area contributed by atoms with Crippen LogP contribution >= 0.6 is 11.8 Å². The Morgan fingerprint density at radius 1 is 1.08 bits per heavy atom. The number of amides is 4. The molecule has 1 fully saturated rings. The average molecular weight is 535 g/mol. The Morgan fingerprint density at radius 3 is 2.30 bits per heavy atom. The van der Waals surface area contributed by atoms with Crippen molar-refractivity contribution in [3.05, 3.63) is 35.9 Å². The van der Waals surface area contributed by atoms with Crippen LogP contribution in [0.1, 0.15) is 40.2 Å². The molecule has 0 bridgehead atoms. The molecule has 11 heteroatoms. The van der Waals surface area contributed by atoms with Crippen molar-refractivity contribution in [2.24, 2.45) is 5.92 Å². The Morgan fingerprint density at radius 2 is 1.73 bits per heavy atom. The number of ketones is 1. The number of urea groups is 1. The Kier molecular flexibility index (Phi) is 11.4. The third kappa shape index (κ3) is 8.48. The zero-order valence-electron chi connectivity index (χ0n) is 22.4. The summed E-state index contributed by atoms with van der Waals surface area (Å²) in [6, 6.07) is 5.82. The first-order chi connectivity index (χ1) is 17.5. The summed E-state index contributed by atoms with van der Waals surface area (Å²) < 4.78 is 5.07. The molecule has 10 nitrogen and oxygen atoms in total. The summed E-state index contributed by atoms with van der Waals surface area (Å²) in [5.41, 5.74) is 0.759. The highest BCUT2D eigenvalue weighted by Crippen LogP contribution is 2.24. The van der Waals surface area contributed by atoms with E-state index in [1.165, 1.54) is 21.6 Å². The van der Waals surface area contributed by atoms with Crippen molar-refractivity contribution in [3.63, 3.8) is 0 Å². The summed E-state index contributed by atoms with van der Waals surface area (Å²) in [5, 5.41) is 5.46. The number of thioether (sulfide) groups is 1. The number of rotatable bonds is 11. The fourth-order valence-corrected chi connectivity index (χ4v) is 4.86. The topological polar surface area (TPSA) is 125 Å². The third-order valence-electron chi connectivity index (χ3n) is 5.96. The lowest BCUT2D eigenvalue weighted by atomic mass is 10.0. The lowest BCUT2D eigenvalue weighted by molar-refractivity contribution is -0.158. The molecule has 0 aliphatic carbocycles. The first-order valence-corrected chi connectivity index (χ1v) is 13.6. The van der Waals surface area contributed by atoms with Crippen LogP contribution in [0.2, 0.25) is 0 Å². The van der Waals surface area contributed by atoms with Crippen molar-refractivity contribution in [2.45, 2.75) is 65.3 Å². The van der Waals surface area contributed by atoms with Crippen LogP contribution in [0.5, 0.6) is 0 Å². The van der Waals surface area contributed by atoms with Crippen molar-refractivity contribution < 1.29 is 28.7 Å². The summed E-state index contributed by atoms with van der Waals surface area (Å²) in [5.74, 6) is -2.40. The fourth-order valence-electron chi connectivity index (χ4n) is 3.70. The average Bonchev–Trinajstić information content (AvgIpc) is 3.35. The van der Waals surface area contributed by atoms with E-state index in [9.17, 15) is 24.0 Å². The van der Waals surface area contributed by atoms with Gasteiger partial charge in [0.2, 0.25) is 11.8 Å². The molecule has 4 amide bonds. The predicted octanol–water partition coefficient (Wildman–Crippen LogP) is 1.82. The largest absolute Gasteiger partial charge is 0.457 e.